The van der Waals surface area contributed by atoms with E-state index in [0.29, 0.717) is 28.8 Å². The molecule has 2 aromatic carbocycles. The first-order valence-corrected chi connectivity index (χ1v) is 12.0. The molecule has 2 aromatic heterocycles. The Balaban J connectivity index is 1.60. The molecule has 0 fully saturated rings. The molecule has 1 unspecified atom stereocenters. The molecule has 1 aliphatic rings. The van der Waals surface area contributed by atoms with Crippen LogP contribution in [0.15, 0.2) is 88.7 Å². The van der Waals surface area contributed by atoms with Crippen LogP contribution >= 0.6 is 0 Å². The Morgan fingerprint density at radius 1 is 1.08 bits per heavy atom. The van der Waals surface area contributed by atoms with Crippen LogP contribution in [0.4, 0.5) is 5.69 Å². The number of fused-ring (bicyclic) bond motifs is 1. The number of hydrogen-bond acceptors (Lipinski definition) is 8. The number of aliphatic hydroxyl groups excluding tert-OH is 1. The van der Waals surface area contributed by atoms with E-state index in [4.69, 9.17) is 13.9 Å². The van der Waals surface area contributed by atoms with Gasteiger partial charge in [0.2, 0.25) is 5.78 Å². The van der Waals surface area contributed by atoms with Crippen LogP contribution in [0, 0.1) is 0 Å². The summed E-state index contributed by atoms with van der Waals surface area (Å²) in [5, 5.41) is 11.6. The van der Waals surface area contributed by atoms with Crippen molar-refractivity contribution in [3.05, 3.63) is 101 Å². The molecular weight excluding hydrogens is 488 g/mol. The van der Waals surface area contributed by atoms with Gasteiger partial charge in [-0.15, -0.1) is 0 Å². The van der Waals surface area contributed by atoms with Crippen molar-refractivity contribution in [2.24, 2.45) is 0 Å². The molecule has 38 heavy (non-hydrogen) atoms. The van der Waals surface area contributed by atoms with E-state index >= 15 is 0 Å². The fraction of sp³-hybridized carbons (Fsp3) is 0.172. The molecule has 1 aliphatic heterocycles. The zero-order chi connectivity index (χ0) is 26.8. The maximum atomic E-state index is 13.8. The normalized spacial score (nSPS) is 15.3. The van der Waals surface area contributed by atoms with Crippen LogP contribution in [0.5, 0.6) is 5.75 Å². The lowest BCUT2D eigenvalue weighted by molar-refractivity contribution is -0.117. The van der Waals surface area contributed by atoms with E-state index in [9.17, 15) is 19.5 Å². The highest BCUT2D eigenvalue weighted by molar-refractivity contribution is 6.20. The van der Waals surface area contributed by atoms with Gasteiger partial charge in [-0.05, 0) is 48.9 Å². The molecular formula is C29H24N2O7. The maximum absolute atomic E-state index is 13.8. The summed E-state index contributed by atoms with van der Waals surface area (Å²) >= 11 is 0. The fourth-order valence-corrected chi connectivity index (χ4v) is 4.42. The van der Waals surface area contributed by atoms with Crippen molar-refractivity contribution in [3.63, 3.8) is 0 Å². The molecule has 0 aliphatic carbocycles. The van der Waals surface area contributed by atoms with Gasteiger partial charge < -0.3 is 19.0 Å². The van der Waals surface area contributed by atoms with Gasteiger partial charge in [0, 0.05) is 17.3 Å². The Morgan fingerprint density at radius 2 is 1.89 bits per heavy atom. The average molecular weight is 513 g/mol. The number of amides is 1. The Kier molecular flexibility index (Phi) is 6.66. The zero-order valence-corrected chi connectivity index (χ0v) is 20.7. The molecule has 9 heteroatoms. The summed E-state index contributed by atoms with van der Waals surface area (Å²) in [6.45, 7) is 2.14. The number of rotatable bonds is 8. The SMILES string of the molecule is CCCOC(=O)c1cccc(N2C(=O)C(O)=C(C(=O)c3cc4cccc(OC)c4o3)C2c2ccccn2)c1. The van der Waals surface area contributed by atoms with Gasteiger partial charge >= 0.3 is 5.97 Å². The van der Waals surface area contributed by atoms with E-state index < -0.39 is 29.5 Å². The highest BCUT2D eigenvalue weighted by Gasteiger charge is 2.46. The summed E-state index contributed by atoms with van der Waals surface area (Å²) in [5.41, 5.74) is 1.04. The number of nitrogens with zero attached hydrogens (tertiary/aromatic N) is 2. The van der Waals surface area contributed by atoms with Crippen LogP contribution in [0.25, 0.3) is 11.0 Å². The van der Waals surface area contributed by atoms with Crippen LogP contribution in [-0.4, -0.2) is 41.5 Å². The molecule has 4 aromatic rings. The first-order chi connectivity index (χ1) is 18.4. The molecule has 0 bridgehead atoms. The standard InChI is InChI=1S/C29H24N2O7/c1-3-14-37-29(35)18-9-6-10-19(15-18)31-24(20-11-4-5-13-30-20)23(26(33)28(31)34)25(32)22-16-17-8-7-12-21(36-2)27(17)38-22/h4-13,15-16,24,33H,3,14H2,1-2H3. The minimum atomic E-state index is -1.08. The molecule has 1 atom stereocenters. The number of ketones is 1. The van der Waals surface area contributed by atoms with Gasteiger partial charge in [0.25, 0.3) is 5.91 Å². The number of aliphatic hydroxyl groups is 1. The third kappa shape index (κ3) is 4.28. The van der Waals surface area contributed by atoms with Crippen molar-refractivity contribution >= 4 is 34.3 Å². The van der Waals surface area contributed by atoms with Gasteiger partial charge in [-0.1, -0.05) is 31.2 Å². The molecule has 5 rings (SSSR count). The van der Waals surface area contributed by atoms with Gasteiger partial charge in [0.1, 0.15) is 6.04 Å². The number of furan rings is 1. The van der Waals surface area contributed by atoms with Crippen molar-refractivity contribution in [2.45, 2.75) is 19.4 Å². The fourth-order valence-electron chi connectivity index (χ4n) is 4.42. The van der Waals surface area contributed by atoms with E-state index in [0.717, 1.165) is 0 Å². The van der Waals surface area contributed by atoms with Crippen LogP contribution in [-0.2, 0) is 9.53 Å². The van der Waals surface area contributed by atoms with Gasteiger partial charge in [-0.2, -0.15) is 0 Å². The summed E-state index contributed by atoms with van der Waals surface area (Å²) in [7, 11) is 1.49. The Hall–Kier alpha value is -4.92. The number of Topliss-reactive ketones (excluding diaryl/α,β-unsaturated/α-hetero) is 1. The summed E-state index contributed by atoms with van der Waals surface area (Å²) in [6, 6.07) is 17.0. The van der Waals surface area contributed by atoms with Gasteiger partial charge in [0.05, 0.1) is 30.5 Å². The Labute approximate surface area is 217 Å². The summed E-state index contributed by atoms with van der Waals surface area (Å²) in [4.78, 5) is 45.3. The van der Waals surface area contributed by atoms with Gasteiger partial charge in [0.15, 0.2) is 22.9 Å². The maximum Gasteiger partial charge on any atom is 0.338 e. The molecule has 1 N–H and O–H groups in total. The molecule has 1 amide bonds. The van der Waals surface area contributed by atoms with E-state index in [1.165, 1.54) is 30.3 Å². The van der Waals surface area contributed by atoms with E-state index in [1.807, 2.05) is 6.92 Å². The largest absolute Gasteiger partial charge is 0.503 e. The number of para-hydroxylation sites is 1. The predicted molar refractivity (Wildman–Crippen MR) is 138 cm³/mol. The lowest BCUT2D eigenvalue weighted by Gasteiger charge is -2.26. The topological polar surface area (TPSA) is 119 Å². The highest BCUT2D eigenvalue weighted by atomic mass is 16.5. The molecule has 0 saturated heterocycles. The van der Waals surface area contributed by atoms with Crippen molar-refractivity contribution in [2.75, 3.05) is 18.6 Å². The molecule has 3 heterocycles. The lowest BCUT2D eigenvalue weighted by Crippen LogP contribution is -2.31. The third-order valence-electron chi connectivity index (χ3n) is 6.17. The first kappa shape index (κ1) is 24.8. The van der Waals surface area contributed by atoms with Crippen LogP contribution in [0.1, 0.15) is 46.0 Å². The predicted octanol–water partition coefficient (Wildman–Crippen LogP) is 5.19. The number of carbonyl (C=O) groups excluding carboxylic acids is 3. The molecule has 0 spiro atoms. The van der Waals surface area contributed by atoms with Crippen LogP contribution in [0.3, 0.4) is 0 Å². The van der Waals surface area contributed by atoms with Crippen molar-refractivity contribution in [1.82, 2.24) is 4.98 Å². The molecule has 0 radical (unpaired) electrons. The van der Waals surface area contributed by atoms with Gasteiger partial charge in [-0.3, -0.25) is 19.5 Å². The number of carbonyl (C=O) groups is 3. The third-order valence-corrected chi connectivity index (χ3v) is 6.17. The smallest absolute Gasteiger partial charge is 0.338 e. The summed E-state index contributed by atoms with van der Waals surface area (Å²) < 4.78 is 16.4. The number of pyridine rings is 1. The number of anilines is 1. The van der Waals surface area contributed by atoms with Crippen molar-refractivity contribution < 1.29 is 33.4 Å². The number of aromatic nitrogens is 1. The zero-order valence-electron chi connectivity index (χ0n) is 20.7. The second-order valence-corrected chi connectivity index (χ2v) is 8.60. The highest BCUT2D eigenvalue weighted by Crippen LogP contribution is 2.42. The minimum absolute atomic E-state index is 0.0708. The monoisotopic (exact) mass is 512 g/mol. The first-order valence-electron chi connectivity index (χ1n) is 12.0. The quantitative estimate of drug-likeness (QED) is 0.253. The lowest BCUT2D eigenvalue weighted by atomic mass is 9.98. The minimum Gasteiger partial charge on any atom is -0.503 e. The second kappa shape index (κ2) is 10.2. The van der Waals surface area contributed by atoms with Crippen molar-refractivity contribution in [1.29, 1.82) is 0 Å². The molecule has 9 nitrogen and oxygen atoms in total. The number of benzene rings is 2. The number of ether oxygens (including phenoxy) is 2. The van der Waals surface area contributed by atoms with Gasteiger partial charge in [-0.25, -0.2) is 4.79 Å². The second-order valence-electron chi connectivity index (χ2n) is 8.60. The average Bonchev–Trinajstić information content (AvgIpc) is 3.51. The number of methoxy groups -OCH3 is 1. The summed E-state index contributed by atoms with van der Waals surface area (Å²) in [6.07, 6.45) is 2.19. The Morgan fingerprint density at radius 3 is 2.63 bits per heavy atom. The van der Waals surface area contributed by atoms with E-state index in [1.54, 1.807) is 54.6 Å². The van der Waals surface area contributed by atoms with E-state index in [-0.39, 0.29) is 29.2 Å². The Bertz CT molecular complexity index is 1570. The van der Waals surface area contributed by atoms with Crippen LogP contribution < -0.4 is 9.64 Å². The molecule has 0 saturated carbocycles. The van der Waals surface area contributed by atoms with Crippen LogP contribution in [0.2, 0.25) is 0 Å². The summed E-state index contributed by atoms with van der Waals surface area (Å²) in [5.74, 6) is -2.38. The van der Waals surface area contributed by atoms with Crippen molar-refractivity contribution in [3.8, 4) is 5.75 Å². The number of hydrogen-bond donors (Lipinski definition) is 1. The number of esters is 1. The van der Waals surface area contributed by atoms with E-state index in [2.05, 4.69) is 4.98 Å². The molecule has 192 valence electrons.